The second-order valence-corrected chi connectivity index (χ2v) is 3.89. The predicted octanol–water partition coefficient (Wildman–Crippen LogP) is 1.20. The highest BCUT2D eigenvalue weighted by Crippen LogP contribution is 2.12. The molecule has 6 nitrogen and oxygen atoms in total. The monoisotopic (exact) mass is 262 g/mol. The van der Waals surface area contributed by atoms with Crippen LogP contribution in [0.15, 0.2) is 34.2 Å². The Morgan fingerprint density at radius 3 is 2.89 bits per heavy atom. The van der Waals surface area contributed by atoms with Crippen LogP contribution in [-0.4, -0.2) is 26.0 Å². The second kappa shape index (κ2) is 4.92. The number of hydrogen-bond donors (Lipinski definition) is 2. The lowest BCUT2D eigenvalue weighted by molar-refractivity contribution is 0.474. The summed E-state index contributed by atoms with van der Waals surface area (Å²) in [6, 6.07) is 6.63. The average Bonchev–Trinajstić information content (AvgIpc) is 2.30. The summed E-state index contributed by atoms with van der Waals surface area (Å²) in [5.41, 5.74) is 0.0125. The molecule has 92 valence electrons. The zero-order valence-corrected chi connectivity index (χ0v) is 10.3. The molecular weight excluding hydrogens is 252 g/mol. The summed E-state index contributed by atoms with van der Waals surface area (Å²) >= 11 is 4.93. The van der Waals surface area contributed by atoms with E-state index < -0.39 is 5.69 Å². The molecule has 1 aromatic heterocycles. The summed E-state index contributed by atoms with van der Waals surface area (Å²) in [4.78, 5) is 18.0. The van der Waals surface area contributed by atoms with Crippen LogP contribution >= 0.6 is 12.2 Å². The number of benzene rings is 1. The number of aromatic amines is 1. The maximum absolute atomic E-state index is 11.6. The van der Waals surface area contributed by atoms with Crippen molar-refractivity contribution < 1.29 is 5.11 Å². The number of para-hydroxylation sites is 1. The van der Waals surface area contributed by atoms with E-state index in [0.29, 0.717) is 11.4 Å². The van der Waals surface area contributed by atoms with Crippen LogP contribution in [0.25, 0.3) is 0 Å². The summed E-state index contributed by atoms with van der Waals surface area (Å²) in [6.07, 6.45) is 1.34. The van der Waals surface area contributed by atoms with Gasteiger partial charge in [0.05, 0.1) is 6.21 Å². The van der Waals surface area contributed by atoms with Gasteiger partial charge < -0.3 is 5.11 Å². The lowest BCUT2D eigenvalue weighted by Gasteiger charge is -1.99. The Kier molecular flexibility index (Phi) is 3.33. The number of aryl methyl sites for hydroxylation is 1. The van der Waals surface area contributed by atoms with E-state index in [9.17, 15) is 9.90 Å². The molecular formula is C11H10N4O2S. The highest BCUT2D eigenvalue weighted by Gasteiger charge is 1.99. The SMILES string of the molecule is Cc1nc(=S)n(N=Cc2ccccc2O)c(=O)[nH]1. The summed E-state index contributed by atoms with van der Waals surface area (Å²) in [5.74, 6) is 0.503. The van der Waals surface area contributed by atoms with Crippen molar-refractivity contribution in [3.05, 3.63) is 50.9 Å². The number of nitrogens with one attached hydrogen (secondary N) is 1. The van der Waals surface area contributed by atoms with Crippen molar-refractivity contribution in [2.75, 3.05) is 0 Å². The first kappa shape index (κ1) is 12.2. The molecule has 0 fully saturated rings. The van der Waals surface area contributed by atoms with Gasteiger partial charge in [0, 0.05) is 5.56 Å². The van der Waals surface area contributed by atoms with Crippen molar-refractivity contribution >= 4 is 18.4 Å². The number of rotatable bonds is 2. The van der Waals surface area contributed by atoms with Gasteiger partial charge in [0.25, 0.3) is 0 Å². The molecule has 0 aliphatic heterocycles. The van der Waals surface area contributed by atoms with E-state index in [1.807, 2.05) is 0 Å². The minimum Gasteiger partial charge on any atom is -0.507 e. The number of aromatic hydroxyl groups is 1. The molecule has 2 N–H and O–H groups in total. The van der Waals surface area contributed by atoms with Gasteiger partial charge in [-0.15, -0.1) is 0 Å². The predicted molar refractivity (Wildman–Crippen MR) is 69.5 cm³/mol. The molecule has 0 saturated carbocycles. The number of aromatic nitrogens is 3. The average molecular weight is 262 g/mol. The standard InChI is InChI=1S/C11H10N4O2S/c1-7-13-10(17)15(11(18)14-7)12-6-8-4-2-3-5-9(8)16/h2-6,16H,1H3,(H,13,14,17,18). The van der Waals surface area contributed by atoms with Crippen molar-refractivity contribution in [2.45, 2.75) is 6.92 Å². The van der Waals surface area contributed by atoms with Crippen LogP contribution in [0.2, 0.25) is 0 Å². The molecule has 0 aliphatic carbocycles. The zero-order valence-electron chi connectivity index (χ0n) is 9.49. The van der Waals surface area contributed by atoms with E-state index in [4.69, 9.17) is 12.2 Å². The van der Waals surface area contributed by atoms with Gasteiger partial charge >= 0.3 is 5.69 Å². The number of nitrogens with zero attached hydrogens (tertiary/aromatic N) is 3. The summed E-state index contributed by atoms with van der Waals surface area (Å²) in [7, 11) is 0. The van der Waals surface area contributed by atoms with Crippen LogP contribution < -0.4 is 5.69 Å². The van der Waals surface area contributed by atoms with E-state index >= 15 is 0 Å². The van der Waals surface area contributed by atoms with E-state index in [1.165, 1.54) is 12.3 Å². The second-order valence-electron chi connectivity index (χ2n) is 3.53. The third-order valence-electron chi connectivity index (χ3n) is 2.17. The maximum atomic E-state index is 11.6. The number of phenols is 1. The summed E-state index contributed by atoms with van der Waals surface area (Å²) in [5, 5.41) is 13.4. The van der Waals surface area contributed by atoms with Crippen LogP contribution in [-0.2, 0) is 0 Å². The van der Waals surface area contributed by atoms with Gasteiger partial charge in [0.15, 0.2) is 0 Å². The highest BCUT2D eigenvalue weighted by molar-refractivity contribution is 7.71. The van der Waals surface area contributed by atoms with Gasteiger partial charge in [0.1, 0.15) is 11.6 Å². The van der Waals surface area contributed by atoms with Gasteiger partial charge in [-0.2, -0.15) is 9.78 Å². The van der Waals surface area contributed by atoms with Crippen molar-refractivity contribution in [1.29, 1.82) is 0 Å². The Bertz CT molecular complexity index is 686. The van der Waals surface area contributed by atoms with Crippen LogP contribution in [0, 0.1) is 11.7 Å². The van der Waals surface area contributed by atoms with Gasteiger partial charge in [0.2, 0.25) is 4.77 Å². The molecule has 0 atom stereocenters. The van der Waals surface area contributed by atoms with Crippen molar-refractivity contribution in [3.63, 3.8) is 0 Å². The molecule has 2 rings (SSSR count). The Hall–Kier alpha value is -2.28. The van der Waals surface area contributed by atoms with Crippen LogP contribution in [0.5, 0.6) is 5.75 Å². The lowest BCUT2D eigenvalue weighted by Crippen LogP contribution is -2.22. The molecule has 0 unspecified atom stereocenters. The fourth-order valence-electron chi connectivity index (χ4n) is 1.33. The third-order valence-corrected chi connectivity index (χ3v) is 2.44. The quantitative estimate of drug-likeness (QED) is 0.629. The van der Waals surface area contributed by atoms with Crippen molar-refractivity contribution in [1.82, 2.24) is 14.6 Å². The summed E-state index contributed by atoms with van der Waals surface area (Å²) in [6.45, 7) is 1.63. The fourth-order valence-corrected chi connectivity index (χ4v) is 1.60. The minimum atomic E-state index is -0.473. The van der Waals surface area contributed by atoms with Gasteiger partial charge in [-0.25, -0.2) is 9.78 Å². The molecule has 1 heterocycles. The van der Waals surface area contributed by atoms with Crippen molar-refractivity contribution in [3.8, 4) is 5.75 Å². The van der Waals surface area contributed by atoms with Gasteiger partial charge in [-0.05, 0) is 31.3 Å². The molecule has 2 aromatic rings. The lowest BCUT2D eigenvalue weighted by atomic mass is 10.2. The smallest absolute Gasteiger partial charge is 0.350 e. The first-order valence-electron chi connectivity index (χ1n) is 5.10. The summed E-state index contributed by atoms with van der Waals surface area (Å²) < 4.78 is 1.01. The molecule has 0 spiro atoms. The maximum Gasteiger partial charge on any atom is 0.350 e. The van der Waals surface area contributed by atoms with Crippen LogP contribution in [0.4, 0.5) is 0 Å². The highest BCUT2D eigenvalue weighted by atomic mass is 32.1. The minimum absolute atomic E-state index is 0.0583. The number of phenolic OH excluding ortho intramolecular Hbond substituents is 1. The Morgan fingerprint density at radius 2 is 2.22 bits per heavy atom. The third kappa shape index (κ3) is 2.51. The molecule has 0 radical (unpaired) electrons. The van der Waals surface area contributed by atoms with E-state index in [0.717, 1.165) is 4.68 Å². The number of H-pyrrole nitrogens is 1. The Morgan fingerprint density at radius 1 is 1.50 bits per heavy atom. The Balaban J connectivity index is 2.45. The fraction of sp³-hybridized carbons (Fsp3) is 0.0909. The number of hydrogen-bond acceptors (Lipinski definition) is 5. The van der Waals surface area contributed by atoms with E-state index in [-0.39, 0.29) is 10.5 Å². The zero-order chi connectivity index (χ0) is 13.1. The largest absolute Gasteiger partial charge is 0.507 e. The molecule has 7 heteroatoms. The van der Waals surface area contributed by atoms with Gasteiger partial charge in [-0.1, -0.05) is 12.1 Å². The van der Waals surface area contributed by atoms with E-state index in [2.05, 4.69) is 15.1 Å². The topological polar surface area (TPSA) is 83.3 Å². The van der Waals surface area contributed by atoms with Crippen LogP contribution in [0.1, 0.15) is 11.4 Å². The molecule has 0 aliphatic rings. The van der Waals surface area contributed by atoms with Crippen molar-refractivity contribution in [2.24, 2.45) is 5.10 Å². The first-order chi connectivity index (χ1) is 8.58. The van der Waals surface area contributed by atoms with E-state index in [1.54, 1.807) is 25.1 Å². The normalized spacial score (nSPS) is 10.9. The van der Waals surface area contributed by atoms with Gasteiger partial charge in [-0.3, -0.25) is 4.98 Å². The molecule has 0 saturated heterocycles. The molecule has 0 amide bonds. The first-order valence-corrected chi connectivity index (χ1v) is 5.51. The molecule has 0 bridgehead atoms. The molecule has 18 heavy (non-hydrogen) atoms. The Labute approximate surface area is 107 Å². The van der Waals surface area contributed by atoms with Crippen LogP contribution in [0.3, 0.4) is 0 Å². The molecule has 1 aromatic carbocycles.